The molecule has 7 nitrogen and oxygen atoms in total. The first kappa shape index (κ1) is 15.0. The number of nitrogens with zero attached hydrogens (tertiary/aromatic N) is 2. The van der Waals surface area contributed by atoms with Gasteiger partial charge in [0.25, 0.3) is 0 Å². The van der Waals surface area contributed by atoms with E-state index in [9.17, 15) is 13.6 Å². The first-order valence-corrected chi connectivity index (χ1v) is 7.21. The molecule has 1 amide bonds. The van der Waals surface area contributed by atoms with Crippen LogP contribution in [0, 0.1) is 11.6 Å². The first-order valence-electron chi connectivity index (χ1n) is 7.21. The fraction of sp³-hybridized carbons (Fsp3) is 0.333. The van der Waals surface area contributed by atoms with E-state index in [0.717, 1.165) is 0 Å². The van der Waals surface area contributed by atoms with Gasteiger partial charge in [0, 0.05) is 5.56 Å². The molecule has 2 aliphatic rings. The summed E-state index contributed by atoms with van der Waals surface area (Å²) in [5.74, 6) is -2.33. The molecule has 0 unspecified atom stereocenters. The van der Waals surface area contributed by atoms with Crippen molar-refractivity contribution >= 4 is 22.9 Å². The van der Waals surface area contributed by atoms with Gasteiger partial charge in [0.2, 0.25) is 11.4 Å². The van der Waals surface area contributed by atoms with E-state index in [0.29, 0.717) is 0 Å². The Balaban J connectivity index is 1.88. The number of hydrogen-bond donors (Lipinski definition) is 0. The zero-order valence-corrected chi connectivity index (χ0v) is 12.3. The summed E-state index contributed by atoms with van der Waals surface area (Å²) in [5, 5.41) is 3.83. The van der Waals surface area contributed by atoms with Crippen LogP contribution in [-0.4, -0.2) is 37.1 Å². The Morgan fingerprint density at radius 3 is 2.75 bits per heavy atom. The van der Waals surface area contributed by atoms with Crippen LogP contribution in [0.3, 0.4) is 0 Å². The maximum Gasteiger partial charge on any atom is 0.416 e. The van der Waals surface area contributed by atoms with E-state index in [1.807, 2.05) is 0 Å². The van der Waals surface area contributed by atoms with Crippen LogP contribution in [0.2, 0.25) is 0 Å². The fourth-order valence-electron chi connectivity index (χ4n) is 2.76. The van der Waals surface area contributed by atoms with Crippen LogP contribution < -0.4 is 4.90 Å². The summed E-state index contributed by atoms with van der Waals surface area (Å²) in [6.45, 7) is 4.26. The van der Waals surface area contributed by atoms with E-state index in [1.165, 1.54) is 17.0 Å². The molecule has 4 rings (SSSR count). The van der Waals surface area contributed by atoms with Gasteiger partial charge in [0.05, 0.1) is 24.6 Å². The van der Waals surface area contributed by atoms with Gasteiger partial charge in [-0.15, -0.1) is 6.58 Å². The lowest BCUT2D eigenvalue weighted by Gasteiger charge is -2.16. The second-order valence-corrected chi connectivity index (χ2v) is 5.30. The predicted octanol–water partition coefficient (Wildman–Crippen LogP) is 2.66. The van der Waals surface area contributed by atoms with Gasteiger partial charge in [0.15, 0.2) is 17.9 Å². The highest BCUT2D eigenvalue weighted by Crippen LogP contribution is 2.37. The van der Waals surface area contributed by atoms with Crippen molar-refractivity contribution in [2.75, 3.05) is 24.7 Å². The van der Waals surface area contributed by atoms with Crippen LogP contribution in [0.25, 0.3) is 11.0 Å². The highest BCUT2D eigenvalue weighted by molar-refractivity contribution is 6.00. The van der Waals surface area contributed by atoms with Gasteiger partial charge in [-0.3, -0.25) is 0 Å². The second-order valence-electron chi connectivity index (χ2n) is 5.30. The largest absolute Gasteiger partial charge is 0.447 e. The SMILES string of the molecule is C=C[C@H]1COC(=O)N1c1noc2c(F)c(F)c(C3OCCO3)cc12. The van der Waals surface area contributed by atoms with Gasteiger partial charge in [0.1, 0.15) is 6.61 Å². The van der Waals surface area contributed by atoms with E-state index in [2.05, 4.69) is 11.7 Å². The molecule has 2 saturated heterocycles. The molecule has 9 heteroatoms. The minimum Gasteiger partial charge on any atom is -0.447 e. The summed E-state index contributed by atoms with van der Waals surface area (Å²) in [7, 11) is 0. The second kappa shape index (κ2) is 5.53. The zero-order valence-electron chi connectivity index (χ0n) is 12.3. The van der Waals surface area contributed by atoms with E-state index in [1.54, 1.807) is 0 Å². The molecular weight excluding hydrogens is 326 g/mol. The number of benzene rings is 1. The maximum absolute atomic E-state index is 14.3. The first-order chi connectivity index (χ1) is 11.6. The Bertz CT molecular complexity index is 831. The third kappa shape index (κ3) is 2.09. The van der Waals surface area contributed by atoms with Crippen molar-refractivity contribution in [2.45, 2.75) is 12.3 Å². The summed E-state index contributed by atoms with van der Waals surface area (Å²) >= 11 is 0. The molecular formula is C15H12F2N2O5. The average molecular weight is 338 g/mol. The standard InChI is InChI=1S/C15H12F2N2O5/c1-2-7-6-23-15(20)19(7)13-9-5-8(14-21-3-4-22-14)10(16)11(17)12(9)24-18-13/h2,5,7,14H,1,3-4,6H2/t7-/m0/s1. The smallest absolute Gasteiger partial charge is 0.416 e. The Labute approximate surface area is 134 Å². The number of carbonyl (C=O) groups excluding carboxylic acids is 1. The molecule has 3 heterocycles. The lowest BCUT2D eigenvalue weighted by Crippen LogP contribution is -2.32. The van der Waals surface area contributed by atoms with Crippen LogP contribution >= 0.6 is 0 Å². The zero-order chi connectivity index (χ0) is 16.8. The van der Waals surface area contributed by atoms with E-state index >= 15 is 0 Å². The predicted molar refractivity (Wildman–Crippen MR) is 76.4 cm³/mol. The molecule has 2 aromatic rings. The average Bonchev–Trinajstić information content (AvgIpc) is 3.29. The molecule has 0 radical (unpaired) electrons. The highest BCUT2D eigenvalue weighted by atomic mass is 19.2. The Morgan fingerprint density at radius 2 is 2.04 bits per heavy atom. The van der Waals surface area contributed by atoms with Gasteiger partial charge < -0.3 is 18.7 Å². The van der Waals surface area contributed by atoms with Gasteiger partial charge in [-0.2, -0.15) is 4.39 Å². The number of ether oxygens (including phenoxy) is 3. The molecule has 0 saturated carbocycles. The summed E-state index contributed by atoms with van der Waals surface area (Å²) in [5.41, 5.74) is -0.517. The minimum atomic E-state index is -1.22. The quantitative estimate of drug-likeness (QED) is 0.801. The lowest BCUT2D eigenvalue weighted by atomic mass is 10.1. The molecule has 0 spiro atoms. The molecule has 1 atom stereocenters. The molecule has 1 aromatic carbocycles. The van der Waals surface area contributed by atoms with Crippen molar-refractivity contribution < 1.29 is 32.3 Å². The molecule has 0 bridgehead atoms. The number of halogens is 2. The Morgan fingerprint density at radius 1 is 1.29 bits per heavy atom. The molecule has 24 heavy (non-hydrogen) atoms. The third-order valence-electron chi connectivity index (χ3n) is 3.94. The van der Waals surface area contributed by atoms with Crippen molar-refractivity contribution in [1.82, 2.24) is 5.16 Å². The summed E-state index contributed by atoms with van der Waals surface area (Å²) in [4.78, 5) is 13.1. The monoisotopic (exact) mass is 338 g/mol. The van der Waals surface area contributed by atoms with Gasteiger partial charge in [-0.25, -0.2) is 14.1 Å². The number of cyclic esters (lactones) is 1. The van der Waals surface area contributed by atoms with Gasteiger partial charge in [-0.1, -0.05) is 11.2 Å². The topological polar surface area (TPSA) is 74.0 Å². The number of fused-ring (bicyclic) bond motifs is 1. The van der Waals surface area contributed by atoms with Crippen molar-refractivity contribution in [1.29, 1.82) is 0 Å². The van der Waals surface area contributed by atoms with Crippen molar-refractivity contribution in [3.8, 4) is 0 Å². The summed E-state index contributed by atoms with van der Waals surface area (Å²) in [6, 6.07) is 0.822. The molecule has 2 aliphatic heterocycles. The lowest BCUT2D eigenvalue weighted by molar-refractivity contribution is -0.0467. The van der Waals surface area contributed by atoms with Crippen LogP contribution in [0.4, 0.5) is 19.4 Å². The highest BCUT2D eigenvalue weighted by Gasteiger charge is 2.37. The van der Waals surface area contributed by atoms with E-state index in [-0.39, 0.29) is 36.6 Å². The van der Waals surface area contributed by atoms with Crippen molar-refractivity contribution in [2.24, 2.45) is 0 Å². The molecule has 0 aliphatic carbocycles. The Kier molecular flexibility index (Phi) is 3.47. The van der Waals surface area contributed by atoms with Gasteiger partial charge >= 0.3 is 6.09 Å². The maximum atomic E-state index is 14.3. The normalized spacial score (nSPS) is 21.7. The summed E-state index contributed by atoms with van der Waals surface area (Å²) in [6.07, 6.45) is -0.197. The number of carbonyl (C=O) groups is 1. The summed E-state index contributed by atoms with van der Waals surface area (Å²) < 4.78 is 48.9. The minimum absolute atomic E-state index is 0.0237. The van der Waals surface area contributed by atoms with Crippen molar-refractivity contribution in [3.63, 3.8) is 0 Å². The van der Waals surface area contributed by atoms with Crippen LogP contribution in [0.5, 0.6) is 0 Å². The van der Waals surface area contributed by atoms with Crippen LogP contribution in [0.1, 0.15) is 11.9 Å². The van der Waals surface area contributed by atoms with Gasteiger partial charge in [-0.05, 0) is 6.07 Å². The number of amides is 1. The number of aromatic nitrogens is 1. The third-order valence-corrected chi connectivity index (χ3v) is 3.94. The molecule has 1 aromatic heterocycles. The van der Waals surface area contributed by atoms with Crippen LogP contribution in [0.15, 0.2) is 23.2 Å². The van der Waals surface area contributed by atoms with E-state index < -0.39 is 35.6 Å². The molecule has 0 N–H and O–H groups in total. The number of hydrogen-bond acceptors (Lipinski definition) is 6. The van der Waals surface area contributed by atoms with Crippen molar-refractivity contribution in [3.05, 3.63) is 35.9 Å². The fourth-order valence-corrected chi connectivity index (χ4v) is 2.76. The van der Waals surface area contributed by atoms with Crippen LogP contribution in [-0.2, 0) is 14.2 Å². The molecule has 2 fully saturated rings. The van der Waals surface area contributed by atoms with E-state index in [4.69, 9.17) is 18.7 Å². The number of rotatable bonds is 3. The molecule has 126 valence electrons. The number of anilines is 1. The Hall–Kier alpha value is -2.52.